The van der Waals surface area contributed by atoms with E-state index in [9.17, 15) is 40.5 Å². The molecular weight excluding hydrogens is 588 g/mol. The molecule has 0 spiro atoms. The molecule has 4 rings (SSSR count). The summed E-state index contributed by atoms with van der Waals surface area (Å²) in [4.78, 5) is 44.7. The van der Waals surface area contributed by atoms with Crippen LogP contribution in [0.25, 0.3) is 0 Å². The normalized spacial score (nSPS) is 12.1. The molecule has 14 nitrogen and oxygen atoms in total. The molecule has 2 unspecified atom stereocenters. The van der Waals surface area contributed by atoms with E-state index >= 15 is 0 Å². The van der Waals surface area contributed by atoms with Crippen molar-refractivity contribution in [2.24, 2.45) is 0 Å². The predicted octanol–water partition coefficient (Wildman–Crippen LogP) is 6.90. The van der Waals surface area contributed by atoms with Crippen LogP contribution in [-0.2, 0) is 0 Å². The molecule has 0 radical (unpaired) electrons. The van der Waals surface area contributed by atoms with Crippen LogP contribution in [0.1, 0.15) is 23.2 Å². The van der Waals surface area contributed by atoms with Crippen molar-refractivity contribution in [3.05, 3.63) is 137 Å². The largest absolute Gasteiger partial charge is 0.375 e. The molecular formula is C26H20N6O8S2. The van der Waals surface area contributed by atoms with E-state index in [-0.39, 0.29) is 11.1 Å². The molecule has 0 bridgehead atoms. The van der Waals surface area contributed by atoms with Gasteiger partial charge in [-0.3, -0.25) is 40.5 Å². The smallest absolute Gasteiger partial charge is 0.276 e. The van der Waals surface area contributed by atoms with Gasteiger partial charge in [0.25, 0.3) is 22.7 Å². The molecule has 0 fully saturated rings. The summed E-state index contributed by atoms with van der Waals surface area (Å²) in [6.07, 6.45) is 0. The van der Waals surface area contributed by atoms with E-state index in [4.69, 9.17) is 0 Å². The molecule has 0 saturated heterocycles. The minimum atomic E-state index is -1.15. The number of para-hydroxylation sites is 2. The van der Waals surface area contributed by atoms with Crippen LogP contribution in [0, 0.1) is 40.5 Å². The number of anilines is 2. The molecule has 0 saturated carbocycles. The van der Waals surface area contributed by atoms with Crippen LogP contribution in [0.2, 0.25) is 0 Å². The van der Waals surface area contributed by atoms with Gasteiger partial charge in [-0.2, -0.15) is 0 Å². The number of nitro benzene ring substituents is 4. The van der Waals surface area contributed by atoms with Gasteiger partial charge in [0.05, 0.1) is 43.9 Å². The van der Waals surface area contributed by atoms with Crippen LogP contribution in [0.5, 0.6) is 0 Å². The van der Waals surface area contributed by atoms with Gasteiger partial charge in [0, 0.05) is 45.4 Å². The highest BCUT2D eigenvalue weighted by atomic mass is 32.1. The van der Waals surface area contributed by atoms with Crippen molar-refractivity contribution < 1.29 is 19.7 Å². The zero-order chi connectivity index (χ0) is 30.6. The SMILES string of the molecule is O=[N+]([O-])c1cc(C(Nc2ccccc2S)C(Nc2ccccc2S)c2cc([N+](=O)[O-])cc([N+](=O)[O-])c2)cc([N+](=O)[O-])c1. The van der Waals surface area contributed by atoms with Crippen molar-refractivity contribution in [1.29, 1.82) is 0 Å². The van der Waals surface area contributed by atoms with Gasteiger partial charge in [-0.15, -0.1) is 25.3 Å². The number of benzene rings is 4. The van der Waals surface area contributed by atoms with E-state index in [1.54, 1.807) is 48.5 Å². The quantitative estimate of drug-likeness (QED) is 0.0789. The van der Waals surface area contributed by atoms with Gasteiger partial charge in [0.2, 0.25) is 0 Å². The Balaban J connectivity index is 2.04. The summed E-state index contributed by atoms with van der Waals surface area (Å²) in [7, 11) is 0. The minimum Gasteiger partial charge on any atom is -0.375 e. The lowest BCUT2D eigenvalue weighted by atomic mass is 9.91. The van der Waals surface area contributed by atoms with Gasteiger partial charge >= 0.3 is 0 Å². The number of nitrogens with one attached hydrogen (secondary N) is 2. The van der Waals surface area contributed by atoms with Crippen LogP contribution < -0.4 is 10.6 Å². The van der Waals surface area contributed by atoms with Gasteiger partial charge in [0.1, 0.15) is 0 Å². The molecule has 0 amide bonds. The second-order valence-corrected chi connectivity index (χ2v) is 9.84. The van der Waals surface area contributed by atoms with Gasteiger partial charge in [-0.25, -0.2) is 0 Å². The van der Waals surface area contributed by atoms with E-state index in [0.29, 0.717) is 21.2 Å². The Bertz CT molecular complexity index is 1530. The maximum Gasteiger partial charge on any atom is 0.276 e. The fourth-order valence-corrected chi connectivity index (χ4v) is 4.71. The lowest BCUT2D eigenvalue weighted by molar-refractivity contribution is -0.394. The first-order chi connectivity index (χ1) is 19.9. The predicted molar refractivity (Wildman–Crippen MR) is 160 cm³/mol. The molecule has 0 aliphatic carbocycles. The summed E-state index contributed by atoms with van der Waals surface area (Å²) >= 11 is 8.92. The Morgan fingerprint density at radius 3 is 1.05 bits per heavy atom. The average Bonchev–Trinajstić information content (AvgIpc) is 2.96. The number of nitro groups is 4. The molecule has 0 aliphatic heterocycles. The summed E-state index contributed by atoms with van der Waals surface area (Å²) < 4.78 is 0. The zero-order valence-electron chi connectivity index (χ0n) is 21.2. The van der Waals surface area contributed by atoms with Crippen LogP contribution in [0.4, 0.5) is 34.1 Å². The maximum absolute atomic E-state index is 11.8. The Morgan fingerprint density at radius 2 is 0.786 bits per heavy atom. The first kappa shape index (κ1) is 29.8. The van der Waals surface area contributed by atoms with Crippen molar-refractivity contribution in [3.8, 4) is 0 Å². The molecule has 2 N–H and O–H groups in total. The fraction of sp³-hybridized carbons (Fsp3) is 0.0769. The monoisotopic (exact) mass is 608 g/mol. The van der Waals surface area contributed by atoms with E-state index in [1.165, 1.54) is 0 Å². The summed E-state index contributed by atoms with van der Waals surface area (Å²) in [6, 6.07) is 17.2. The van der Waals surface area contributed by atoms with E-state index in [0.717, 1.165) is 36.4 Å². The van der Waals surface area contributed by atoms with Gasteiger partial charge in [0.15, 0.2) is 0 Å². The summed E-state index contributed by atoms with van der Waals surface area (Å²) in [5, 5.41) is 53.4. The molecule has 0 heterocycles. The highest BCUT2D eigenvalue weighted by Crippen LogP contribution is 2.41. The topological polar surface area (TPSA) is 197 Å². The minimum absolute atomic E-state index is 0.0378. The number of hydrogen-bond acceptors (Lipinski definition) is 12. The van der Waals surface area contributed by atoms with Crippen LogP contribution in [-0.4, -0.2) is 19.7 Å². The van der Waals surface area contributed by atoms with Crippen molar-refractivity contribution in [2.45, 2.75) is 21.9 Å². The zero-order valence-corrected chi connectivity index (χ0v) is 23.0. The fourth-order valence-electron chi connectivity index (χ4n) is 4.26. The first-order valence-corrected chi connectivity index (χ1v) is 12.8. The number of non-ortho nitro benzene ring substituents is 4. The van der Waals surface area contributed by atoms with Gasteiger partial charge in [-0.1, -0.05) is 24.3 Å². The van der Waals surface area contributed by atoms with Gasteiger partial charge < -0.3 is 10.6 Å². The number of nitrogens with zero attached hydrogens (tertiary/aromatic N) is 4. The number of thiol groups is 2. The molecule has 0 aliphatic rings. The number of rotatable bonds is 11. The molecule has 214 valence electrons. The summed E-state index contributed by atoms with van der Waals surface area (Å²) in [5.41, 5.74) is -1.43. The second-order valence-electron chi connectivity index (χ2n) is 8.87. The summed E-state index contributed by atoms with van der Waals surface area (Å²) in [6.45, 7) is 0. The Morgan fingerprint density at radius 1 is 0.500 bits per heavy atom. The van der Waals surface area contributed by atoms with E-state index in [2.05, 4.69) is 35.9 Å². The van der Waals surface area contributed by atoms with Crippen LogP contribution in [0.3, 0.4) is 0 Å². The average molecular weight is 609 g/mol. The van der Waals surface area contributed by atoms with Crippen LogP contribution >= 0.6 is 25.3 Å². The summed E-state index contributed by atoms with van der Waals surface area (Å²) in [5.74, 6) is 0. The molecule has 0 aromatic heterocycles. The second kappa shape index (κ2) is 12.5. The molecule has 4 aromatic rings. The standard InChI is InChI=1S/C26H20N6O8S2/c33-29(34)17-9-15(10-18(13-17)30(35)36)25(27-21-5-1-3-7-23(21)41)26(28-22-6-2-4-8-24(22)42)16-11-19(31(37)38)14-20(12-16)32(39)40/h1-14,25-28,41-42H. The lowest BCUT2D eigenvalue weighted by Gasteiger charge is -2.32. The lowest BCUT2D eigenvalue weighted by Crippen LogP contribution is -2.26. The Kier molecular flexibility index (Phi) is 8.87. The first-order valence-electron chi connectivity index (χ1n) is 11.9. The highest BCUT2D eigenvalue weighted by Gasteiger charge is 2.32. The van der Waals surface area contributed by atoms with Crippen molar-refractivity contribution in [3.63, 3.8) is 0 Å². The number of hydrogen-bond donors (Lipinski definition) is 4. The third kappa shape index (κ3) is 6.73. The molecule has 42 heavy (non-hydrogen) atoms. The molecule has 16 heteroatoms. The van der Waals surface area contributed by atoms with Crippen molar-refractivity contribution >= 4 is 59.4 Å². The molecule has 4 aromatic carbocycles. The maximum atomic E-state index is 11.8. The third-order valence-electron chi connectivity index (χ3n) is 6.17. The van der Waals surface area contributed by atoms with Crippen molar-refractivity contribution in [2.75, 3.05) is 10.6 Å². The van der Waals surface area contributed by atoms with Crippen LogP contribution in [0.15, 0.2) is 94.7 Å². The highest BCUT2D eigenvalue weighted by molar-refractivity contribution is 7.80. The van der Waals surface area contributed by atoms with E-state index < -0.39 is 54.5 Å². The Hall–Kier alpha value is -5.22. The third-order valence-corrected chi connectivity index (χ3v) is 6.95. The van der Waals surface area contributed by atoms with E-state index in [1.807, 2.05) is 0 Å². The Labute approximate surface area is 247 Å². The van der Waals surface area contributed by atoms with Crippen molar-refractivity contribution in [1.82, 2.24) is 0 Å². The molecule has 2 atom stereocenters. The van der Waals surface area contributed by atoms with Gasteiger partial charge in [-0.05, 0) is 35.4 Å².